The van der Waals surface area contributed by atoms with Gasteiger partial charge in [-0.25, -0.2) is 4.79 Å². The molecule has 0 aliphatic rings. The Balaban J connectivity index is 2.91. The first-order valence-corrected chi connectivity index (χ1v) is 7.23. The molecule has 0 spiro atoms. The summed E-state index contributed by atoms with van der Waals surface area (Å²) in [5.74, 6) is 0. The van der Waals surface area contributed by atoms with E-state index < -0.39 is 29.6 Å². The summed E-state index contributed by atoms with van der Waals surface area (Å²) in [6, 6.07) is 4.85. The molecule has 2 unspecified atom stereocenters. The first-order chi connectivity index (χ1) is 10.8. The van der Waals surface area contributed by atoms with Gasteiger partial charge in [-0.2, -0.15) is 13.2 Å². The molecule has 1 rings (SSSR count). The van der Waals surface area contributed by atoms with Gasteiger partial charge in [0, 0.05) is 5.56 Å². The van der Waals surface area contributed by atoms with E-state index in [1.54, 1.807) is 27.7 Å². The zero-order chi connectivity index (χ0) is 18.8. The number of rotatable bonds is 4. The Bertz CT molecular complexity index is 594. The molecule has 24 heavy (non-hydrogen) atoms. The minimum Gasteiger partial charge on any atom is -0.444 e. The van der Waals surface area contributed by atoms with E-state index in [-0.39, 0.29) is 5.56 Å². The first kappa shape index (κ1) is 20.0. The van der Waals surface area contributed by atoms with E-state index in [4.69, 9.17) is 10.5 Å². The van der Waals surface area contributed by atoms with Gasteiger partial charge in [-0.05, 0) is 40.0 Å². The number of benzene rings is 1. The number of carbonyl (C=O) groups is 1. The van der Waals surface area contributed by atoms with Crippen molar-refractivity contribution < 1.29 is 22.7 Å². The van der Waals surface area contributed by atoms with E-state index in [1.165, 1.54) is 24.3 Å². The molecular weight excluding hydrogens is 323 g/mol. The van der Waals surface area contributed by atoms with Crippen molar-refractivity contribution in [1.82, 2.24) is 5.32 Å². The Morgan fingerprint density at radius 3 is 2.12 bits per heavy atom. The Kier molecular flexibility index (Phi) is 5.66. The molecule has 1 aromatic carbocycles. The van der Waals surface area contributed by atoms with E-state index in [0.717, 1.165) is 0 Å². The minimum atomic E-state index is -4.77. The molecule has 8 heteroatoms. The van der Waals surface area contributed by atoms with Crippen molar-refractivity contribution in [2.75, 3.05) is 0 Å². The quantitative estimate of drug-likeness (QED) is 0.818. The fourth-order valence-electron chi connectivity index (χ4n) is 1.94. The van der Waals surface area contributed by atoms with Crippen LogP contribution in [-0.2, 0) is 10.4 Å². The van der Waals surface area contributed by atoms with Crippen molar-refractivity contribution in [3.8, 4) is 0 Å². The van der Waals surface area contributed by atoms with Gasteiger partial charge in [-0.15, -0.1) is 0 Å². The number of alkyl halides is 3. The number of hydrogen-bond acceptors (Lipinski definition) is 4. The van der Waals surface area contributed by atoms with Gasteiger partial charge in [0.05, 0.1) is 6.04 Å². The molecule has 0 fully saturated rings. The molecule has 0 saturated carbocycles. The van der Waals surface area contributed by atoms with Crippen LogP contribution in [0.15, 0.2) is 29.3 Å². The molecule has 1 amide bonds. The van der Waals surface area contributed by atoms with E-state index >= 15 is 0 Å². The third-order valence-corrected chi connectivity index (χ3v) is 3.27. The molecule has 0 aromatic heterocycles. The lowest BCUT2D eigenvalue weighted by Gasteiger charge is -2.28. The summed E-state index contributed by atoms with van der Waals surface area (Å²) in [5.41, 5.74) is 2.17. The second-order valence-electron chi connectivity index (χ2n) is 6.41. The summed E-state index contributed by atoms with van der Waals surface area (Å²) in [5, 5.41) is 2.60. The van der Waals surface area contributed by atoms with Gasteiger partial charge < -0.3 is 10.1 Å². The summed E-state index contributed by atoms with van der Waals surface area (Å²) in [4.78, 5) is 14.8. The van der Waals surface area contributed by atoms with Crippen LogP contribution in [0.5, 0.6) is 0 Å². The number of nitrogens with zero attached hydrogens (tertiary/aromatic N) is 1. The normalized spacial score (nSPS) is 16.0. The highest BCUT2D eigenvalue weighted by molar-refractivity contribution is 5.68. The molecule has 0 aliphatic carbocycles. The number of nitrogens with one attached hydrogen (secondary N) is 1. The fraction of sp³-hybridized carbons (Fsp3) is 0.500. The predicted octanol–water partition coefficient (Wildman–Crippen LogP) is 3.65. The molecule has 0 radical (unpaired) electrons. The third kappa shape index (κ3) is 4.70. The molecule has 0 bridgehead atoms. The highest BCUT2D eigenvalue weighted by atomic mass is 19.4. The highest BCUT2D eigenvalue weighted by Gasteiger charge is 2.53. The second kappa shape index (κ2) is 6.80. The van der Waals surface area contributed by atoms with Crippen LogP contribution in [0.25, 0.3) is 0 Å². The van der Waals surface area contributed by atoms with Crippen molar-refractivity contribution in [2.24, 2.45) is 10.7 Å². The molecular formula is C16H22F3N3O2. The number of alkyl carbamates (subject to hydrolysis) is 1. The monoisotopic (exact) mass is 345 g/mol. The molecule has 134 valence electrons. The fourth-order valence-corrected chi connectivity index (χ4v) is 1.94. The van der Waals surface area contributed by atoms with Gasteiger partial charge in [0.15, 0.2) is 0 Å². The van der Waals surface area contributed by atoms with Crippen LogP contribution in [0.4, 0.5) is 18.0 Å². The van der Waals surface area contributed by atoms with E-state index in [2.05, 4.69) is 17.0 Å². The van der Waals surface area contributed by atoms with E-state index in [0.29, 0.717) is 5.56 Å². The summed E-state index contributed by atoms with van der Waals surface area (Å²) in [6.45, 7) is 9.81. The predicted molar refractivity (Wildman–Crippen MR) is 85.7 cm³/mol. The summed E-state index contributed by atoms with van der Waals surface area (Å²) >= 11 is 0. The molecule has 1 aromatic rings. The Labute approximate surface area is 139 Å². The molecule has 3 N–H and O–H groups in total. The van der Waals surface area contributed by atoms with Crippen molar-refractivity contribution in [2.45, 2.75) is 51.2 Å². The number of aliphatic imine (C=N–C) groups is 1. The maximum absolute atomic E-state index is 13.0. The molecule has 0 aliphatic heterocycles. The van der Waals surface area contributed by atoms with Crippen molar-refractivity contribution in [1.29, 1.82) is 0 Å². The Hall–Kier alpha value is -2.09. The second-order valence-corrected chi connectivity index (χ2v) is 6.41. The van der Waals surface area contributed by atoms with E-state index in [9.17, 15) is 18.0 Å². The van der Waals surface area contributed by atoms with Crippen molar-refractivity contribution in [3.63, 3.8) is 0 Å². The molecule has 0 heterocycles. The zero-order valence-corrected chi connectivity index (χ0v) is 14.1. The lowest BCUT2D eigenvalue weighted by Crippen LogP contribution is -2.48. The van der Waals surface area contributed by atoms with Crippen LogP contribution in [0.1, 0.15) is 44.9 Å². The van der Waals surface area contributed by atoms with Gasteiger partial charge >= 0.3 is 12.3 Å². The number of ether oxygens (including phenoxy) is 1. The first-order valence-electron chi connectivity index (χ1n) is 7.23. The van der Waals surface area contributed by atoms with Crippen LogP contribution < -0.4 is 11.1 Å². The van der Waals surface area contributed by atoms with Crippen LogP contribution in [-0.4, -0.2) is 24.6 Å². The SMILES string of the molecule is C=NC(N)(c1ccc(C(C)NC(=O)OC(C)(C)C)cc1)C(F)(F)F. The average molecular weight is 345 g/mol. The topological polar surface area (TPSA) is 76.7 Å². The Morgan fingerprint density at radius 1 is 1.25 bits per heavy atom. The average Bonchev–Trinajstić information content (AvgIpc) is 2.43. The maximum atomic E-state index is 13.0. The molecule has 2 atom stereocenters. The Morgan fingerprint density at radius 2 is 1.75 bits per heavy atom. The number of amides is 1. The van der Waals surface area contributed by atoms with Crippen LogP contribution in [0, 0.1) is 0 Å². The largest absolute Gasteiger partial charge is 0.444 e. The number of halogens is 3. The van der Waals surface area contributed by atoms with Gasteiger partial charge in [-0.3, -0.25) is 10.7 Å². The zero-order valence-electron chi connectivity index (χ0n) is 14.1. The number of carbonyl (C=O) groups excluding carboxylic acids is 1. The number of nitrogens with two attached hydrogens (primary N) is 1. The number of hydrogen-bond donors (Lipinski definition) is 2. The van der Waals surface area contributed by atoms with Crippen LogP contribution in [0.2, 0.25) is 0 Å². The van der Waals surface area contributed by atoms with Gasteiger partial charge in [0.1, 0.15) is 5.60 Å². The van der Waals surface area contributed by atoms with Crippen molar-refractivity contribution >= 4 is 12.8 Å². The summed E-state index contributed by atoms with van der Waals surface area (Å²) in [6.07, 6.45) is -5.38. The lowest BCUT2D eigenvalue weighted by molar-refractivity contribution is -0.186. The molecule has 5 nitrogen and oxygen atoms in total. The molecule has 0 saturated heterocycles. The van der Waals surface area contributed by atoms with Crippen LogP contribution >= 0.6 is 0 Å². The van der Waals surface area contributed by atoms with Crippen LogP contribution in [0.3, 0.4) is 0 Å². The van der Waals surface area contributed by atoms with Crippen molar-refractivity contribution in [3.05, 3.63) is 35.4 Å². The summed E-state index contributed by atoms with van der Waals surface area (Å²) < 4.78 is 44.3. The third-order valence-electron chi connectivity index (χ3n) is 3.27. The maximum Gasteiger partial charge on any atom is 0.431 e. The minimum absolute atomic E-state index is 0.238. The van der Waals surface area contributed by atoms with E-state index in [1.807, 2.05) is 0 Å². The van der Waals surface area contributed by atoms with Gasteiger partial charge in [0.25, 0.3) is 0 Å². The lowest BCUT2D eigenvalue weighted by atomic mass is 9.97. The summed E-state index contributed by atoms with van der Waals surface area (Å²) in [7, 11) is 0. The smallest absolute Gasteiger partial charge is 0.431 e. The van der Waals surface area contributed by atoms with Gasteiger partial charge in [0.2, 0.25) is 5.66 Å². The standard InChI is InChI=1S/C16H22F3N3O2/c1-10(22-13(23)24-14(2,3)4)11-6-8-12(9-7-11)15(20,21-5)16(17,18)19/h6-10H,5,20H2,1-4H3,(H,22,23). The highest BCUT2D eigenvalue weighted by Crippen LogP contribution is 2.37. The van der Waals surface area contributed by atoms with Gasteiger partial charge in [-0.1, -0.05) is 24.3 Å².